The minimum atomic E-state index is -0.458. The molecule has 0 aromatic rings. The van der Waals surface area contributed by atoms with Crippen LogP contribution in [0.2, 0.25) is 0 Å². The van der Waals surface area contributed by atoms with Crippen LogP contribution in [0.4, 0.5) is 0 Å². The van der Waals surface area contributed by atoms with Gasteiger partial charge in [-0.3, -0.25) is 9.59 Å². The Labute approximate surface area is 168 Å². The number of esters is 2. The van der Waals surface area contributed by atoms with Crippen LogP contribution in [0.1, 0.15) is 66.2 Å². The van der Waals surface area contributed by atoms with Crippen LogP contribution in [0.15, 0.2) is 23.3 Å². The molecule has 1 fully saturated rings. The van der Waals surface area contributed by atoms with Crippen molar-refractivity contribution in [3.05, 3.63) is 23.3 Å². The highest BCUT2D eigenvalue weighted by molar-refractivity contribution is 5.82. The van der Waals surface area contributed by atoms with Gasteiger partial charge >= 0.3 is 11.9 Å². The molecule has 0 bridgehead atoms. The number of carbonyl (C=O) groups is 3. The maximum Gasteiger partial charge on any atom is 0.330 e. The van der Waals surface area contributed by atoms with Gasteiger partial charge in [0.05, 0.1) is 7.11 Å². The normalized spacial score (nSPS) is 29.3. The summed E-state index contributed by atoms with van der Waals surface area (Å²) in [5, 5.41) is 0. The van der Waals surface area contributed by atoms with Gasteiger partial charge in [0.1, 0.15) is 12.9 Å². The fourth-order valence-electron chi connectivity index (χ4n) is 5.51. The summed E-state index contributed by atoms with van der Waals surface area (Å²) in [6.07, 6.45) is 10.3. The second kappa shape index (κ2) is 9.06. The van der Waals surface area contributed by atoms with Gasteiger partial charge in [-0.25, -0.2) is 4.79 Å². The monoisotopic (exact) mass is 390 g/mol. The second-order valence-electron chi connectivity index (χ2n) is 9.16. The van der Waals surface area contributed by atoms with Crippen molar-refractivity contribution in [2.45, 2.75) is 66.2 Å². The highest BCUT2D eigenvalue weighted by Crippen LogP contribution is 2.60. The third-order valence-corrected chi connectivity index (χ3v) is 6.94. The van der Waals surface area contributed by atoms with E-state index in [1.54, 1.807) is 0 Å². The van der Waals surface area contributed by atoms with Crippen molar-refractivity contribution in [2.24, 2.45) is 22.7 Å². The Hall–Kier alpha value is -1.91. The molecule has 0 unspecified atom stereocenters. The smallest absolute Gasteiger partial charge is 0.330 e. The Bertz CT molecular complexity index is 672. The Morgan fingerprint density at radius 1 is 1.25 bits per heavy atom. The maximum atomic E-state index is 11.8. The number of methoxy groups -OCH3 is 1. The fourth-order valence-corrected chi connectivity index (χ4v) is 5.51. The van der Waals surface area contributed by atoms with Crippen LogP contribution in [0, 0.1) is 22.7 Å². The third kappa shape index (κ3) is 4.92. The first-order valence-corrected chi connectivity index (χ1v) is 10.2. The Balaban J connectivity index is 2.24. The van der Waals surface area contributed by atoms with Crippen LogP contribution in [0.5, 0.6) is 0 Å². The molecule has 0 amide bonds. The highest BCUT2D eigenvalue weighted by Gasteiger charge is 2.52. The standard InChI is InChI=1S/C23H34O5/c1-16(25)28-15-17(13-21(26)27-5)7-9-19-18(14-24)8-10-20-22(2,3)11-6-12-23(19,20)4/h8,13-14,19-20H,6-7,9-12,15H2,1-5H3/b17-13+/t19-,20-,23+/m1/s1. The number of aldehydes is 1. The Morgan fingerprint density at radius 3 is 2.57 bits per heavy atom. The predicted octanol–water partition coefficient (Wildman–Crippen LogP) is 4.41. The molecule has 0 saturated heterocycles. The minimum absolute atomic E-state index is 0.0601. The van der Waals surface area contributed by atoms with E-state index in [1.165, 1.54) is 33.0 Å². The Kier molecular flexibility index (Phi) is 7.24. The van der Waals surface area contributed by atoms with Gasteiger partial charge in [-0.05, 0) is 65.9 Å². The summed E-state index contributed by atoms with van der Waals surface area (Å²) < 4.78 is 9.84. The van der Waals surface area contributed by atoms with E-state index in [2.05, 4.69) is 26.8 Å². The van der Waals surface area contributed by atoms with Crippen LogP contribution in [0.25, 0.3) is 0 Å². The van der Waals surface area contributed by atoms with Gasteiger partial charge in [0.2, 0.25) is 0 Å². The van der Waals surface area contributed by atoms with Crippen molar-refractivity contribution < 1.29 is 23.9 Å². The lowest BCUT2D eigenvalue weighted by molar-refractivity contribution is -0.140. The first-order valence-electron chi connectivity index (χ1n) is 10.2. The van der Waals surface area contributed by atoms with Gasteiger partial charge in [-0.2, -0.15) is 0 Å². The molecule has 0 radical (unpaired) electrons. The first kappa shape index (κ1) is 22.4. The molecular formula is C23H34O5. The molecule has 0 spiro atoms. The van der Waals surface area contributed by atoms with Crippen molar-refractivity contribution in [1.29, 1.82) is 0 Å². The summed E-state index contributed by atoms with van der Waals surface area (Å²) >= 11 is 0. The zero-order chi connectivity index (χ0) is 20.9. The van der Waals surface area contributed by atoms with E-state index in [9.17, 15) is 14.4 Å². The lowest BCUT2D eigenvalue weighted by atomic mass is 9.48. The van der Waals surface area contributed by atoms with Gasteiger partial charge in [-0.1, -0.05) is 33.3 Å². The molecule has 0 N–H and O–H groups in total. The highest BCUT2D eigenvalue weighted by atomic mass is 16.5. The SMILES string of the molecule is COC(=O)/C=C(\CC[C@@H]1C(C=O)=CC[C@@H]2C(C)(C)CCC[C@@]12C)COC(C)=O. The van der Waals surface area contributed by atoms with Gasteiger partial charge < -0.3 is 9.47 Å². The summed E-state index contributed by atoms with van der Waals surface area (Å²) in [6, 6.07) is 0. The molecule has 3 atom stereocenters. The van der Waals surface area contributed by atoms with Crippen LogP contribution < -0.4 is 0 Å². The Morgan fingerprint density at radius 2 is 1.96 bits per heavy atom. The van der Waals surface area contributed by atoms with Crippen LogP contribution in [-0.4, -0.2) is 31.9 Å². The quantitative estimate of drug-likeness (QED) is 0.366. The molecule has 156 valence electrons. The molecule has 2 aliphatic rings. The third-order valence-electron chi connectivity index (χ3n) is 6.94. The molecule has 5 nitrogen and oxygen atoms in total. The number of carbonyl (C=O) groups excluding carboxylic acids is 3. The van der Waals surface area contributed by atoms with E-state index in [0.717, 1.165) is 31.1 Å². The van der Waals surface area contributed by atoms with E-state index in [-0.39, 0.29) is 29.3 Å². The zero-order valence-corrected chi connectivity index (χ0v) is 17.9. The van der Waals surface area contributed by atoms with E-state index in [1.807, 2.05) is 0 Å². The number of hydrogen-bond acceptors (Lipinski definition) is 5. The number of allylic oxidation sites excluding steroid dienone is 2. The van der Waals surface area contributed by atoms with E-state index < -0.39 is 5.97 Å². The molecule has 0 aliphatic heterocycles. The van der Waals surface area contributed by atoms with Crippen molar-refractivity contribution >= 4 is 18.2 Å². The van der Waals surface area contributed by atoms with Gasteiger partial charge in [0.15, 0.2) is 0 Å². The van der Waals surface area contributed by atoms with Gasteiger partial charge in [-0.15, -0.1) is 0 Å². The second-order valence-corrected chi connectivity index (χ2v) is 9.16. The summed E-state index contributed by atoms with van der Waals surface area (Å²) in [7, 11) is 1.33. The maximum absolute atomic E-state index is 11.8. The number of rotatable bonds is 7. The zero-order valence-electron chi connectivity index (χ0n) is 17.9. The van der Waals surface area contributed by atoms with Crippen LogP contribution in [0.3, 0.4) is 0 Å². The lowest BCUT2D eigenvalue weighted by Crippen LogP contribution is -2.48. The van der Waals surface area contributed by atoms with Crippen molar-refractivity contribution in [3.63, 3.8) is 0 Å². The van der Waals surface area contributed by atoms with E-state index >= 15 is 0 Å². The lowest BCUT2D eigenvalue weighted by Gasteiger charge is -2.56. The van der Waals surface area contributed by atoms with E-state index in [0.29, 0.717) is 17.9 Å². The number of fused-ring (bicyclic) bond motifs is 1. The van der Waals surface area contributed by atoms with Gasteiger partial charge in [0.25, 0.3) is 0 Å². The number of hydrogen-bond donors (Lipinski definition) is 0. The summed E-state index contributed by atoms with van der Waals surface area (Å²) in [6.45, 7) is 8.43. The van der Waals surface area contributed by atoms with Crippen molar-refractivity contribution in [2.75, 3.05) is 13.7 Å². The summed E-state index contributed by atoms with van der Waals surface area (Å²) in [5.74, 6) is -0.173. The summed E-state index contributed by atoms with van der Waals surface area (Å²) in [5.41, 5.74) is 1.90. The van der Waals surface area contributed by atoms with Crippen LogP contribution in [-0.2, 0) is 23.9 Å². The molecule has 28 heavy (non-hydrogen) atoms. The molecular weight excluding hydrogens is 356 g/mol. The largest absolute Gasteiger partial charge is 0.466 e. The molecule has 0 aromatic heterocycles. The molecule has 0 heterocycles. The van der Waals surface area contributed by atoms with Crippen molar-refractivity contribution in [1.82, 2.24) is 0 Å². The van der Waals surface area contributed by atoms with Crippen molar-refractivity contribution in [3.8, 4) is 0 Å². The number of ether oxygens (including phenoxy) is 2. The van der Waals surface area contributed by atoms with Gasteiger partial charge in [0, 0.05) is 13.0 Å². The molecule has 2 aliphatic carbocycles. The topological polar surface area (TPSA) is 69.7 Å². The average molecular weight is 391 g/mol. The molecule has 1 saturated carbocycles. The molecule has 2 rings (SSSR count). The average Bonchev–Trinajstić information content (AvgIpc) is 2.62. The minimum Gasteiger partial charge on any atom is -0.466 e. The molecule has 5 heteroatoms. The van der Waals surface area contributed by atoms with E-state index in [4.69, 9.17) is 9.47 Å². The first-order chi connectivity index (χ1) is 13.1. The predicted molar refractivity (Wildman–Crippen MR) is 107 cm³/mol. The fraction of sp³-hybridized carbons (Fsp3) is 0.696. The van der Waals surface area contributed by atoms with Crippen LogP contribution >= 0.6 is 0 Å². The molecule has 0 aromatic carbocycles. The summed E-state index contributed by atoms with van der Waals surface area (Å²) in [4.78, 5) is 34.7.